The maximum absolute atomic E-state index is 6.38. The van der Waals surface area contributed by atoms with Gasteiger partial charge in [0.25, 0.3) is 0 Å². The molecule has 0 radical (unpaired) electrons. The second-order valence-electron chi connectivity index (χ2n) is 3.41. The third-order valence-electron chi connectivity index (χ3n) is 2.61. The molecule has 2 nitrogen and oxygen atoms in total. The molecular formula is C10H12ClNO. The molecule has 13 heavy (non-hydrogen) atoms. The smallest absolute Gasteiger partial charge is 0.213 e. The Hall–Kier alpha value is -0.760. The first kappa shape index (κ1) is 8.82. The Morgan fingerprint density at radius 3 is 2.85 bits per heavy atom. The minimum absolute atomic E-state index is 0.143. The normalized spacial score (nSPS) is 19.2. The first-order valence-electron chi connectivity index (χ1n) is 4.44. The van der Waals surface area contributed by atoms with Crippen LogP contribution in [0.4, 0.5) is 0 Å². The number of halogens is 1. The first-order chi connectivity index (χ1) is 6.24. The van der Waals surface area contributed by atoms with Crippen molar-refractivity contribution < 1.29 is 4.74 Å². The van der Waals surface area contributed by atoms with Crippen molar-refractivity contribution in [2.24, 2.45) is 0 Å². The molecular weight excluding hydrogens is 186 g/mol. The number of nitrogens with zero attached hydrogens (tertiary/aromatic N) is 1. The van der Waals surface area contributed by atoms with Crippen LogP contribution >= 0.6 is 11.6 Å². The van der Waals surface area contributed by atoms with Crippen LogP contribution in [0.3, 0.4) is 0 Å². The van der Waals surface area contributed by atoms with Gasteiger partial charge in [0.15, 0.2) is 0 Å². The van der Waals surface area contributed by atoms with Gasteiger partial charge in [0.05, 0.1) is 12.0 Å². The van der Waals surface area contributed by atoms with Gasteiger partial charge in [0.2, 0.25) is 5.88 Å². The van der Waals surface area contributed by atoms with E-state index in [-0.39, 0.29) is 4.87 Å². The Labute approximate surface area is 82.9 Å². The highest BCUT2D eigenvalue weighted by atomic mass is 35.5. The van der Waals surface area contributed by atoms with E-state index < -0.39 is 0 Å². The summed E-state index contributed by atoms with van der Waals surface area (Å²) in [6, 6.07) is 3.89. The van der Waals surface area contributed by atoms with Crippen molar-refractivity contribution in [3.05, 3.63) is 23.9 Å². The van der Waals surface area contributed by atoms with Crippen LogP contribution in [0.1, 0.15) is 24.8 Å². The van der Waals surface area contributed by atoms with Gasteiger partial charge in [-0.3, -0.25) is 0 Å². The molecule has 70 valence electrons. The molecule has 0 aromatic carbocycles. The van der Waals surface area contributed by atoms with Gasteiger partial charge in [-0.05, 0) is 30.9 Å². The van der Waals surface area contributed by atoms with Crippen LogP contribution in [0.15, 0.2) is 18.3 Å². The van der Waals surface area contributed by atoms with Crippen LogP contribution < -0.4 is 4.74 Å². The zero-order valence-electron chi connectivity index (χ0n) is 7.59. The molecule has 1 aliphatic carbocycles. The lowest BCUT2D eigenvalue weighted by atomic mass is 9.79. The van der Waals surface area contributed by atoms with E-state index in [0.717, 1.165) is 18.4 Å². The van der Waals surface area contributed by atoms with Gasteiger partial charge >= 0.3 is 0 Å². The molecule has 0 spiro atoms. The van der Waals surface area contributed by atoms with Gasteiger partial charge in [-0.25, -0.2) is 4.98 Å². The highest BCUT2D eigenvalue weighted by molar-refractivity contribution is 6.24. The van der Waals surface area contributed by atoms with E-state index in [2.05, 4.69) is 4.98 Å². The van der Waals surface area contributed by atoms with E-state index in [4.69, 9.17) is 16.3 Å². The monoisotopic (exact) mass is 197 g/mol. The summed E-state index contributed by atoms with van der Waals surface area (Å²) < 4.78 is 5.05. The molecule has 3 heteroatoms. The zero-order valence-corrected chi connectivity index (χ0v) is 8.34. The van der Waals surface area contributed by atoms with Crippen LogP contribution in [0.2, 0.25) is 0 Å². The fourth-order valence-electron chi connectivity index (χ4n) is 1.58. The predicted octanol–water partition coefficient (Wildman–Crippen LogP) is 2.71. The van der Waals surface area contributed by atoms with Crippen molar-refractivity contribution in [2.75, 3.05) is 7.11 Å². The summed E-state index contributed by atoms with van der Waals surface area (Å²) in [7, 11) is 1.62. The van der Waals surface area contributed by atoms with Crippen molar-refractivity contribution in [1.82, 2.24) is 4.98 Å². The second kappa shape index (κ2) is 3.18. The first-order valence-corrected chi connectivity index (χ1v) is 4.82. The molecule has 1 saturated carbocycles. The molecule has 1 aromatic heterocycles. The van der Waals surface area contributed by atoms with Crippen molar-refractivity contribution in [3.63, 3.8) is 0 Å². The standard InChI is InChI=1S/C10H12ClNO/c1-13-9-7-8(3-6-12-9)10(11)4-2-5-10/h3,6-7H,2,4-5H2,1H3. The molecule has 1 aromatic rings. The van der Waals surface area contributed by atoms with Gasteiger partial charge < -0.3 is 4.74 Å². The SMILES string of the molecule is COc1cc(C2(Cl)CCC2)ccn1. The highest BCUT2D eigenvalue weighted by Crippen LogP contribution is 2.47. The number of methoxy groups -OCH3 is 1. The van der Waals surface area contributed by atoms with Gasteiger partial charge in [-0.1, -0.05) is 0 Å². The van der Waals surface area contributed by atoms with E-state index in [9.17, 15) is 0 Å². The molecule has 1 aliphatic rings. The van der Waals surface area contributed by atoms with E-state index >= 15 is 0 Å². The van der Waals surface area contributed by atoms with Crippen molar-refractivity contribution >= 4 is 11.6 Å². The molecule has 1 fully saturated rings. The summed E-state index contributed by atoms with van der Waals surface area (Å²) in [5.41, 5.74) is 1.13. The van der Waals surface area contributed by atoms with E-state index in [1.54, 1.807) is 13.3 Å². The number of hydrogen-bond acceptors (Lipinski definition) is 2. The zero-order chi connectivity index (χ0) is 9.31. The van der Waals surface area contributed by atoms with E-state index in [0.29, 0.717) is 5.88 Å². The summed E-state index contributed by atoms with van der Waals surface area (Å²) >= 11 is 6.38. The molecule has 0 unspecified atom stereocenters. The minimum Gasteiger partial charge on any atom is -0.481 e. The summed E-state index contributed by atoms with van der Waals surface area (Å²) in [4.78, 5) is 3.91. The molecule has 0 saturated heterocycles. The van der Waals surface area contributed by atoms with Crippen LogP contribution in [-0.2, 0) is 4.87 Å². The number of ether oxygens (including phenoxy) is 1. The van der Waals surface area contributed by atoms with E-state index in [1.165, 1.54) is 6.42 Å². The third kappa shape index (κ3) is 1.51. The van der Waals surface area contributed by atoms with Gasteiger partial charge in [0.1, 0.15) is 0 Å². The fraction of sp³-hybridized carbons (Fsp3) is 0.500. The number of alkyl halides is 1. The number of hydrogen-bond donors (Lipinski definition) is 0. The fourth-order valence-corrected chi connectivity index (χ4v) is 1.96. The maximum atomic E-state index is 6.38. The molecule has 1 heterocycles. The van der Waals surface area contributed by atoms with Crippen LogP contribution in [-0.4, -0.2) is 12.1 Å². The Morgan fingerprint density at radius 1 is 1.54 bits per heavy atom. The van der Waals surface area contributed by atoms with Crippen molar-refractivity contribution in [3.8, 4) is 5.88 Å². The van der Waals surface area contributed by atoms with Crippen molar-refractivity contribution in [2.45, 2.75) is 24.1 Å². The Bertz CT molecular complexity index is 310. The Morgan fingerprint density at radius 2 is 2.31 bits per heavy atom. The molecule has 2 rings (SSSR count). The van der Waals surface area contributed by atoms with Crippen LogP contribution in [0.25, 0.3) is 0 Å². The predicted molar refractivity (Wildman–Crippen MR) is 52.2 cm³/mol. The lowest BCUT2D eigenvalue weighted by molar-refractivity contribution is 0.356. The highest BCUT2D eigenvalue weighted by Gasteiger charge is 2.36. The number of aromatic nitrogens is 1. The van der Waals surface area contributed by atoms with Crippen molar-refractivity contribution in [1.29, 1.82) is 0 Å². The minimum atomic E-state index is -0.143. The van der Waals surface area contributed by atoms with Gasteiger partial charge in [0, 0.05) is 12.3 Å². The summed E-state index contributed by atoms with van der Waals surface area (Å²) in [6.45, 7) is 0. The molecule has 0 aliphatic heterocycles. The third-order valence-corrected chi connectivity index (χ3v) is 3.20. The van der Waals surface area contributed by atoms with Gasteiger partial charge in [-0.15, -0.1) is 11.6 Å². The number of rotatable bonds is 2. The maximum Gasteiger partial charge on any atom is 0.213 e. The number of pyridine rings is 1. The summed E-state index contributed by atoms with van der Waals surface area (Å²) in [6.07, 6.45) is 5.08. The average Bonchev–Trinajstić information content (AvgIpc) is 2.14. The quantitative estimate of drug-likeness (QED) is 0.681. The molecule has 0 atom stereocenters. The molecule has 0 amide bonds. The van der Waals surface area contributed by atoms with Gasteiger partial charge in [-0.2, -0.15) is 0 Å². The average molecular weight is 198 g/mol. The largest absolute Gasteiger partial charge is 0.481 e. The lowest BCUT2D eigenvalue weighted by Crippen LogP contribution is -2.27. The molecule has 0 N–H and O–H groups in total. The van der Waals surface area contributed by atoms with Crippen LogP contribution in [0, 0.1) is 0 Å². The molecule has 0 bridgehead atoms. The lowest BCUT2D eigenvalue weighted by Gasteiger charge is -2.36. The second-order valence-corrected chi connectivity index (χ2v) is 4.13. The Kier molecular flexibility index (Phi) is 2.16. The van der Waals surface area contributed by atoms with Crippen LogP contribution in [0.5, 0.6) is 5.88 Å². The summed E-state index contributed by atoms with van der Waals surface area (Å²) in [5.74, 6) is 0.643. The topological polar surface area (TPSA) is 22.1 Å². The summed E-state index contributed by atoms with van der Waals surface area (Å²) in [5, 5.41) is 0. The Balaban J connectivity index is 2.29. The van der Waals surface area contributed by atoms with E-state index in [1.807, 2.05) is 12.1 Å².